The summed E-state index contributed by atoms with van der Waals surface area (Å²) in [6.07, 6.45) is 8.13. The van der Waals surface area contributed by atoms with Gasteiger partial charge in [0.05, 0.1) is 31.1 Å². The number of thioether (sulfide) groups is 1. The van der Waals surface area contributed by atoms with E-state index in [2.05, 4.69) is 25.4 Å². The van der Waals surface area contributed by atoms with Crippen LogP contribution in [0.4, 0.5) is 5.00 Å². The Hall–Kier alpha value is -3.38. The molecule has 224 valence electrons. The number of aromatic nitrogens is 3. The number of thiophene rings is 1. The Morgan fingerprint density at radius 2 is 1.95 bits per heavy atom. The summed E-state index contributed by atoms with van der Waals surface area (Å²) in [6.45, 7) is 4.10. The molecule has 1 atom stereocenters. The number of fused-ring (bicyclic) bond motifs is 1. The smallest absolute Gasteiger partial charge is 0.341 e. The number of carbonyl (C=O) groups is 3. The van der Waals surface area contributed by atoms with Crippen molar-refractivity contribution in [2.24, 2.45) is 0 Å². The molecule has 12 heteroatoms. The second kappa shape index (κ2) is 13.7. The summed E-state index contributed by atoms with van der Waals surface area (Å²) in [5.41, 5.74) is 2.01. The van der Waals surface area contributed by atoms with E-state index >= 15 is 0 Å². The Labute approximate surface area is 254 Å². The number of hydrogen-bond acceptors (Lipinski definition) is 9. The monoisotopic (exact) mass is 611 g/mol. The van der Waals surface area contributed by atoms with Gasteiger partial charge < -0.3 is 24.7 Å². The zero-order valence-corrected chi connectivity index (χ0v) is 25.9. The van der Waals surface area contributed by atoms with E-state index in [9.17, 15) is 14.4 Å². The topological polar surface area (TPSA) is 124 Å². The van der Waals surface area contributed by atoms with Crippen LogP contribution >= 0.6 is 23.1 Å². The maximum atomic E-state index is 13.4. The zero-order valence-electron chi connectivity index (χ0n) is 24.2. The van der Waals surface area contributed by atoms with Crippen molar-refractivity contribution in [3.8, 4) is 5.75 Å². The summed E-state index contributed by atoms with van der Waals surface area (Å²) in [5, 5.41) is 15.6. The zero-order chi connectivity index (χ0) is 29.6. The Kier molecular flexibility index (Phi) is 9.84. The first-order valence-electron chi connectivity index (χ1n) is 14.5. The van der Waals surface area contributed by atoms with Crippen molar-refractivity contribution in [2.75, 3.05) is 19.0 Å². The molecule has 42 heavy (non-hydrogen) atoms. The van der Waals surface area contributed by atoms with E-state index in [4.69, 9.17) is 9.47 Å². The lowest BCUT2D eigenvalue weighted by Gasteiger charge is -2.26. The van der Waals surface area contributed by atoms with Gasteiger partial charge in [-0.3, -0.25) is 9.59 Å². The lowest BCUT2D eigenvalue weighted by Crippen LogP contribution is -2.27. The summed E-state index contributed by atoms with van der Waals surface area (Å²) in [7, 11) is 1.57. The number of aryl methyl sites for hydroxylation is 1. The maximum absolute atomic E-state index is 13.4. The molecule has 0 saturated heterocycles. The molecule has 2 heterocycles. The average molecular weight is 612 g/mol. The van der Waals surface area contributed by atoms with Crippen molar-refractivity contribution in [3.05, 3.63) is 51.7 Å². The molecule has 1 unspecified atom stereocenters. The summed E-state index contributed by atoms with van der Waals surface area (Å²) in [4.78, 5) is 40.2. The van der Waals surface area contributed by atoms with E-state index in [0.717, 1.165) is 55.4 Å². The van der Waals surface area contributed by atoms with Crippen LogP contribution in [0.1, 0.15) is 95.4 Å². The van der Waals surface area contributed by atoms with E-state index in [1.165, 1.54) is 29.5 Å². The molecule has 0 bridgehead atoms. The SMILES string of the molecule is CCOC(=O)c1c(NC(=O)C(C)Sc2nnc(CNC(=O)c3cccc(OC)c3)n2C2CCCCC2)sc2c1CCC2. The van der Waals surface area contributed by atoms with Crippen LogP contribution in [0.5, 0.6) is 5.75 Å². The molecule has 0 aliphatic heterocycles. The van der Waals surface area contributed by atoms with Crippen molar-refractivity contribution >= 4 is 45.9 Å². The summed E-state index contributed by atoms with van der Waals surface area (Å²) < 4.78 is 12.7. The predicted octanol–water partition coefficient (Wildman–Crippen LogP) is 5.57. The van der Waals surface area contributed by atoms with Crippen molar-refractivity contribution in [1.82, 2.24) is 20.1 Å². The minimum absolute atomic E-state index is 0.200. The molecule has 5 rings (SSSR count). The number of rotatable bonds is 11. The van der Waals surface area contributed by atoms with E-state index < -0.39 is 5.25 Å². The molecule has 1 fully saturated rings. The van der Waals surface area contributed by atoms with E-state index in [1.54, 1.807) is 38.3 Å². The normalized spacial score (nSPS) is 15.6. The van der Waals surface area contributed by atoms with Gasteiger partial charge in [0, 0.05) is 16.5 Å². The first-order chi connectivity index (χ1) is 20.4. The number of nitrogens with one attached hydrogen (secondary N) is 2. The van der Waals surface area contributed by atoms with Crippen LogP contribution in [0.15, 0.2) is 29.4 Å². The van der Waals surface area contributed by atoms with Crippen molar-refractivity contribution in [2.45, 2.75) is 88.2 Å². The Morgan fingerprint density at radius 3 is 2.71 bits per heavy atom. The number of carbonyl (C=O) groups excluding carboxylic acids is 3. The molecule has 2 aliphatic carbocycles. The van der Waals surface area contributed by atoms with Crippen LogP contribution in [0.3, 0.4) is 0 Å². The van der Waals surface area contributed by atoms with Crippen molar-refractivity contribution < 1.29 is 23.9 Å². The van der Waals surface area contributed by atoms with Crippen LogP contribution in [0.2, 0.25) is 0 Å². The number of esters is 1. The second-order valence-corrected chi connectivity index (χ2v) is 12.9. The standard InChI is InChI=1S/C30H37N5O5S2/c1-4-40-29(38)25-22-14-9-15-23(22)42-28(25)32-26(36)18(2)41-30-34-33-24(35(30)20-11-6-5-7-12-20)17-31-27(37)19-10-8-13-21(16-19)39-3/h8,10,13,16,18,20H,4-7,9,11-12,14-15,17H2,1-3H3,(H,31,37)(H,32,36). The third-order valence-corrected chi connectivity index (χ3v) is 9.97. The van der Waals surface area contributed by atoms with Crippen molar-refractivity contribution in [3.63, 3.8) is 0 Å². The molecule has 2 aliphatic rings. The maximum Gasteiger partial charge on any atom is 0.341 e. The molecule has 3 aromatic rings. The number of methoxy groups -OCH3 is 1. The molecule has 2 amide bonds. The third-order valence-electron chi connectivity index (χ3n) is 7.70. The van der Waals surface area contributed by atoms with Gasteiger partial charge >= 0.3 is 5.97 Å². The second-order valence-electron chi connectivity index (χ2n) is 10.5. The van der Waals surface area contributed by atoms with Gasteiger partial charge in [-0.15, -0.1) is 21.5 Å². The highest BCUT2D eigenvalue weighted by atomic mass is 32.2. The largest absolute Gasteiger partial charge is 0.497 e. The molecule has 1 aromatic carbocycles. The van der Waals surface area contributed by atoms with Gasteiger partial charge in [-0.2, -0.15) is 0 Å². The van der Waals surface area contributed by atoms with Gasteiger partial charge in [0.15, 0.2) is 11.0 Å². The average Bonchev–Trinajstić information content (AvgIpc) is 3.71. The van der Waals surface area contributed by atoms with Gasteiger partial charge in [-0.05, 0) is 69.7 Å². The Balaban J connectivity index is 1.31. The molecule has 2 N–H and O–H groups in total. The van der Waals surface area contributed by atoms with Gasteiger partial charge in [0.2, 0.25) is 5.91 Å². The summed E-state index contributed by atoms with van der Waals surface area (Å²) in [5.74, 6) is 0.448. The lowest BCUT2D eigenvalue weighted by atomic mass is 9.95. The highest BCUT2D eigenvalue weighted by Crippen LogP contribution is 2.40. The number of nitrogens with zero attached hydrogens (tertiary/aromatic N) is 3. The quantitative estimate of drug-likeness (QED) is 0.213. The molecule has 2 aromatic heterocycles. The third kappa shape index (κ3) is 6.64. The fourth-order valence-electron chi connectivity index (χ4n) is 5.58. The molecule has 10 nitrogen and oxygen atoms in total. The fraction of sp³-hybridized carbons (Fsp3) is 0.500. The van der Waals surface area contributed by atoms with Crippen LogP contribution < -0.4 is 15.4 Å². The number of ether oxygens (including phenoxy) is 2. The van der Waals surface area contributed by atoms with Crippen LogP contribution in [-0.2, 0) is 28.9 Å². The molecule has 0 radical (unpaired) electrons. The van der Waals surface area contributed by atoms with Crippen molar-refractivity contribution in [1.29, 1.82) is 0 Å². The van der Waals surface area contributed by atoms with Crippen LogP contribution in [-0.4, -0.2) is 51.5 Å². The Morgan fingerprint density at radius 1 is 1.14 bits per heavy atom. The predicted molar refractivity (Wildman–Crippen MR) is 163 cm³/mol. The minimum atomic E-state index is -0.497. The number of hydrogen-bond donors (Lipinski definition) is 2. The fourth-order valence-corrected chi connectivity index (χ4v) is 7.80. The first-order valence-corrected chi connectivity index (χ1v) is 16.2. The summed E-state index contributed by atoms with van der Waals surface area (Å²) >= 11 is 2.81. The number of benzene rings is 1. The van der Waals surface area contributed by atoms with Gasteiger partial charge in [0.25, 0.3) is 5.91 Å². The van der Waals surface area contributed by atoms with E-state index in [-0.39, 0.29) is 37.0 Å². The summed E-state index contributed by atoms with van der Waals surface area (Å²) in [6, 6.07) is 7.20. The lowest BCUT2D eigenvalue weighted by molar-refractivity contribution is -0.115. The van der Waals surface area contributed by atoms with Gasteiger partial charge in [-0.1, -0.05) is 37.1 Å². The van der Waals surface area contributed by atoms with Crippen LogP contribution in [0.25, 0.3) is 0 Å². The molecule has 1 saturated carbocycles. The van der Waals surface area contributed by atoms with E-state index in [1.807, 2.05) is 6.92 Å². The highest BCUT2D eigenvalue weighted by molar-refractivity contribution is 8.00. The van der Waals surface area contributed by atoms with E-state index in [0.29, 0.717) is 32.9 Å². The number of anilines is 1. The Bertz CT molecular complexity index is 1450. The molecule has 0 spiro atoms. The van der Waals surface area contributed by atoms with Gasteiger partial charge in [-0.25, -0.2) is 4.79 Å². The van der Waals surface area contributed by atoms with Crippen LogP contribution in [0, 0.1) is 0 Å². The first kappa shape index (κ1) is 30.1. The molecular formula is C30H37N5O5S2. The van der Waals surface area contributed by atoms with Gasteiger partial charge in [0.1, 0.15) is 10.8 Å². The molecular weight excluding hydrogens is 574 g/mol. The highest BCUT2D eigenvalue weighted by Gasteiger charge is 2.30. The minimum Gasteiger partial charge on any atom is -0.497 e. The number of amides is 2.